The first-order valence-electron chi connectivity index (χ1n) is 6.50. The molecule has 1 heterocycles. The zero-order valence-electron chi connectivity index (χ0n) is 11.1. The number of H-pyrrole nitrogens is 1. The summed E-state index contributed by atoms with van der Waals surface area (Å²) in [5.41, 5.74) is 2.40. The molecular formula is C15H14N2O2S. The van der Waals surface area contributed by atoms with Crippen molar-refractivity contribution in [2.24, 2.45) is 0 Å². The van der Waals surface area contributed by atoms with Gasteiger partial charge in [0.05, 0.1) is 5.25 Å². The first kappa shape index (κ1) is 13.1. The zero-order chi connectivity index (χ0) is 14.1. The fraction of sp³-hybridized carbons (Fsp3) is 0.267. The lowest BCUT2D eigenvalue weighted by Gasteiger charge is -2.22. The third-order valence-corrected chi connectivity index (χ3v) is 4.50. The number of rotatable bonds is 2. The quantitative estimate of drug-likeness (QED) is 0.861. The van der Waals surface area contributed by atoms with E-state index in [9.17, 15) is 9.59 Å². The summed E-state index contributed by atoms with van der Waals surface area (Å²) >= 11 is 1.35. The standard InChI is InChI=1S/C15H14N2O2S/c1-9-8-13(18)17-15(16-9)20-12-7-6-10-4-2-3-5-11(10)14(12)19/h2-5,8,12H,6-7H2,1H3,(H,16,17,18)/t12-/m1/s1. The van der Waals surface area contributed by atoms with Crippen LogP contribution < -0.4 is 5.56 Å². The van der Waals surface area contributed by atoms with Crippen LogP contribution in [0.1, 0.15) is 28.0 Å². The van der Waals surface area contributed by atoms with Gasteiger partial charge in [0.1, 0.15) is 0 Å². The number of Topliss-reactive ketones (excluding diaryl/α,β-unsaturated/α-hetero) is 1. The SMILES string of the molecule is Cc1cc(=O)[nH]c(S[C@@H]2CCc3ccccc3C2=O)n1. The second-order valence-electron chi connectivity index (χ2n) is 4.86. The van der Waals surface area contributed by atoms with Crippen LogP contribution in [0.25, 0.3) is 0 Å². The summed E-state index contributed by atoms with van der Waals surface area (Å²) in [6.45, 7) is 1.78. The Balaban J connectivity index is 1.86. The molecule has 1 aromatic carbocycles. The summed E-state index contributed by atoms with van der Waals surface area (Å²) < 4.78 is 0. The molecule has 1 aromatic heterocycles. The van der Waals surface area contributed by atoms with Gasteiger partial charge < -0.3 is 4.98 Å². The van der Waals surface area contributed by atoms with Crippen molar-refractivity contribution < 1.29 is 4.79 Å². The average molecular weight is 286 g/mol. The van der Waals surface area contributed by atoms with Crippen LogP contribution in [0.5, 0.6) is 0 Å². The minimum absolute atomic E-state index is 0.126. The molecular weight excluding hydrogens is 272 g/mol. The maximum Gasteiger partial charge on any atom is 0.251 e. The molecule has 0 radical (unpaired) electrons. The smallest absolute Gasteiger partial charge is 0.251 e. The van der Waals surface area contributed by atoms with Gasteiger partial charge in [-0.1, -0.05) is 36.0 Å². The predicted molar refractivity (Wildman–Crippen MR) is 78.3 cm³/mol. The number of benzene rings is 1. The van der Waals surface area contributed by atoms with E-state index in [4.69, 9.17) is 0 Å². The van der Waals surface area contributed by atoms with Gasteiger partial charge >= 0.3 is 0 Å². The Morgan fingerprint density at radius 3 is 2.90 bits per heavy atom. The number of hydrogen-bond acceptors (Lipinski definition) is 4. The highest BCUT2D eigenvalue weighted by atomic mass is 32.2. The molecule has 5 heteroatoms. The Labute approximate surface area is 120 Å². The molecule has 102 valence electrons. The largest absolute Gasteiger partial charge is 0.301 e. The highest BCUT2D eigenvalue weighted by molar-refractivity contribution is 8.00. The number of thioether (sulfide) groups is 1. The van der Waals surface area contributed by atoms with Crippen LogP contribution >= 0.6 is 11.8 Å². The second-order valence-corrected chi connectivity index (χ2v) is 6.05. The van der Waals surface area contributed by atoms with E-state index in [1.165, 1.54) is 17.8 Å². The van der Waals surface area contributed by atoms with E-state index < -0.39 is 0 Å². The van der Waals surface area contributed by atoms with E-state index in [0.717, 1.165) is 24.0 Å². The molecule has 3 rings (SSSR count). The van der Waals surface area contributed by atoms with Crippen molar-refractivity contribution in [1.82, 2.24) is 9.97 Å². The minimum atomic E-state index is -0.177. The molecule has 1 N–H and O–H groups in total. The molecule has 1 atom stereocenters. The van der Waals surface area contributed by atoms with Crippen molar-refractivity contribution in [3.8, 4) is 0 Å². The fourth-order valence-corrected chi connectivity index (χ4v) is 3.52. The number of fused-ring (bicyclic) bond motifs is 1. The normalized spacial score (nSPS) is 17.9. The molecule has 0 fully saturated rings. The highest BCUT2D eigenvalue weighted by Gasteiger charge is 2.28. The van der Waals surface area contributed by atoms with Crippen molar-refractivity contribution in [3.63, 3.8) is 0 Å². The molecule has 4 nitrogen and oxygen atoms in total. The van der Waals surface area contributed by atoms with Gasteiger partial charge in [0.15, 0.2) is 10.9 Å². The van der Waals surface area contributed by atoms with E-state index in [0.29, 0.717) is 10.9 Å². The summed E-state index contributed by atoms with van der Waals surface area (Å²) in [6, 6.07) is 9.16. The summed E-state index contributed by atoms with van der Waals surface area (Å²) in [6.07, 6.45) is 1.66. The first-order chi connectivity index (χ1) is 9.63. The zero-order valence-corrected chi connectivity index (χ0v) is 11.9. The highest BCUT2D eigenvalue weighted by Crippen LogP contribution is 2.31. The number of hydrogen-bond donors (Lipinski definition) is 1. The summed E-state index contributed by atoms with van der Waals surface area (Å²) in [7, 11) is 0. The van der Waals surface area contributed by atoms with Crippen LogP contribution in [0.2, 0.25) is 0 Å². The summed E-state index contributed by atoms with van der Waals surface area (Å²) in [5.74, 6) is 0.126. The number of aromatic amines is 1. The third-order valence-electron chi connectivity index (χ3n) is 3.35. The van der Waals surface area contributed by atoms with E-state index >= 15 is 0 Å². The van der Waals surface area contributed by atoms with Crippen molar-refractivity contribution in [3.05, 3.63) is 57.5 Å². The van der Waals surface area contributed by atoms with Gasteiger partial charge in [-0.15, -0.1) is 0 Å². The maximum atomic E-state index is 12.5. The third kappa shape index (κ3) is 2.54. The van der Waals surface area contributed by atoms with Crippen molar-refractivity contribution in [1.29, 1.82) is 0 Å². The van der Waals surface area contributed by atoms with E-state index in [-0.39, 0.29) is 16.6 Å². The van der Waals surface area contributed by atoms with Crippen LogP contribution in [0.4, 0.5) is 0 Å². The first-order valence-corrected chi connectivity index (χ1v) is 7.38. The van der Waals surface area contributed by atoms with Gasteiger partial charge in [0.25, 0.3) is 5.56 Å². The molecule has 1 aliphatic rings. The molecule has 0 amide bonds. The molecule has 20 heavy (non-hydrogen) atoms. The topological polar surface area (TPSA) is 62.8 Å². The van der Waals surface area contributed by atoms with Crippen molar-refractivity contribution in [2.45, 2.75) is 30.2 Å². The molecule has 1 aliphatic carbocycles. The summed E-state index contributed by atoms with van der Waals surface area (Å²) in [5, 5.41) is 0.350. The minimum Gasteiger partial charge on any atom is -0.301 e. The van der Waals surface area contributed by atoms with Crippen LogP contribution in [0.15, 0.2) is 40.3 Å². The molecule has 0 aliphatic heterocycles. The van der Waals surface area contributed by atoms with Crippen LogP contribution in [0.3, 0.4) is 0 Å². The van der Waals surface area contributed by atoms with E-state index in [2.05, 4.69) is 9.97 Å². The lowest BCUT2D eigenvalue weighted by atomic mass is 9.90. The lowest BCUT2D eigenvalue weighted by molar-refractivity contribution is 0.0979. The van der Waals surface area contributed by atoms with E-state index in [1.54, 1.807) is 6.92 Å². The van der Waals surface area contributed by atoms with Gasteiger partial charge in [0, 0.05) is 17.3 Å². The molecule has 0 saturated heterocycles. The number of carbonyl (C=O) groups excluding carboxylic acids is 1. The van der Waals surface area contributed by atoms with E-state index in [1.807, 2.05) is 24.3 Å². The summed E-state index contributed by atoms with van der Waals surface area (Å²) in [4.78, 5) is 30.8. The number of nitrogens with zero attached hydrogens (tertiary/aromatic N) is 1. The Hall–Kier alpha value is -1.88. The molecule has 0 saturated carbocycles. The number of ketones is 1. The van der Waals surface area contributed by atoms with Gasteiger partial charge in [-0.05, 0) is 25.3 Å². The second kappa shape index (κ2) is 5.25. The predicted octanol–water partition coefficient (Wildman–Crippen LogP) is 2.37. The monoisotopic (exact) mass is 286 g/mol. The number of aromatic nitrogens is 2. The number of aryl methyl sites for hydroxylation is 2. The Kier molecular flexibility index (Phi) is 3.44. The lowest BCUT2D eigenvalue weighted by Crippen LogP contribution is -2.25. The number of nitrogens with one attached hydrogen (secondary N) is 1. The Morgan fingerprint density at radius 2 is 2.10 bits per heavy atom. The Morgan fingerprint density at radius 1 is 1.30 bits per heavy atom. The average Bonchev–Trinajstić information content (AvgIpc) is 2.41. The van der Waals surface area contributed by atoms with Gasteiger partial charge in [0.2, 0.25) is 0 Å². The van der Waals surface area contributed by atoms with Crippen LogP contribution in [-0.4, -0.2) is 21.0 Å². The number of carbonyl (C=O) groups is 1. The maximum absolute atomic E-state index is 12.5. The molecule has 0 bridgehead atoms. The van der Waals surface area contributed by atoms with Gasteiger partial charge in [-0.25, -0.2) is 4.98 Å². The fourth-order valence-electron chi connectivity index (χ4n) is 2.42. The molecule has 2 aromatic rings. The van der Waals surface area contributed by atoms with Crippen LogP contribution in [-0.2, 0) is 6.42 Å². The van der Waals surface area contributed by atoms with Gasteiger partial charge in [-0.2, -0.15) is 0 Å². The van der Waals surface area contributed by atoms with Gasteiger partial charge in [-0.3, -0.25) is 9.59 Å². The van der Waals surface area contributed by atoms with Crippen molar-refractivity contribution in [2.75, 3.05) is 0 Å². The van der Waals surface area contributed by atoms with Crippen LogP contribution in [0, 0.1) is 6.92 Å². The molecule has 0 unspecified atom stereocenters. The Bertz CT molecular complexity index is 724. The molecule has 0 spiro atoms. The van der Waals surface area contributed by atoms with Crippen molar-refractivity contribution >= 4 is 17.5 Å².